The summed E-state index contributed by atoms with van der Waals surface area (Å²) < 4.78 is 15.4. The van der Waals surface area contributed by atoms with E-state index in [1.165, 1.54) is 0 Å². The number of furan rings is 1. The first-order valence-electron chi connectivity index (χ1n) is 5.74. The van der Waals surface area contributed by atoms with Gasteiger partial charge in [0.1, 0.15) is 12.2 Å². The molecule has 5 heteroatoms. The van der Waals surface area contributed by atoms with Gasteiger partial charge in [-0.25, -0.2) is 4.79 Å². The molecule has 0 spiro atoms. The summed E-state index contributed by atoms with van der Waals surface area (Å²) in [6.07, 6.45) is 0. The number of benzene rings is 1. The van der Waals surface area contributed by atoms with E-state index in [4.69, 9.17) is 19.6 Å². The normalized spacial score (nSPS) is 10.7. The zero-order chi connectivity index (χ0) is 13.0. The molecule has 0 aliphatic carbocycles. The minimum absolute atomic E-state index is 0.173. The van der Waals surface area contributed by atoms with E-state index in [2.05, 4.69) is 0 Å². The van der Waals surface area contributed by atoms with Gasteiger partial charge in [0, 0.05) is 17.7 Å². The average molecular weight is 249 g/mol. The van der Waals surface area contributed by atoms with Gasteiger partial charge in [-0.05, 0) is 31.2 Å². The Kier molecular flexibility index (Phi) is 3.84. The summed E-state index contributed by atoms with van der Waals surface area (Å²) in [5.41, 5.74) is 6.88. The van der Waals surface area contributed by atoms with E-state index in [9.17, 15) is 4.79 Å². The number of rotatable bonds is 5. The number of anilines is 1. The molecule has 2 N–H and O–H groups in total. The van der Waals surface area contributed by atoms with Crippen LogP contribution in [0.25, 0.3) is 11.0 Å². The maximum absolute atomic E-state index is 11.7. The van der Waals surface area contributed by atoms with Crippen LogP contribution in [0.1, 0.15) is 17.5 Å². The maximum atomic E-state index is 11.7. The SMILES string of the molecule is CCOCCOC(=O)c1cc2cc(N)ccc2o1. The summed E-state index contributed by atoms with van der Waals surface area (Å²) >= 11 is 0. The Balaban J connectivity index is 2.04. The molecule has 1 aromatic heterocycles. The maximum Gasteiger partial charge on any atom is 0.374 e. The van der Waals surface area contributed by atoms with Gasteiger partial charge >= 0.3 is 5.97 Å². The van der Waals surface area contributed by atoms with Crippen molar-refractivity contribution in [2.24, 2.45) is 0 Å². The highest BCUT2D eigenvalue weighted by Gasteiger charge is 2.13. The van der Waals surface area contributed by atoms with Crippen molar-refractivity contribution in [3.63, 3.8) is 0 Å². The molecule has 2 aromatic rings. The van der Waals surface area contributed by atoms with E-state index in [1.54, 1.807) is 24.3 Å². The molecule has 5 nitrogen and oxygen atoms in total. The third-order valence-electron chi connectivity index (χ3n) is 2.41. The van der Waals surface area contributed by atoms with Crippen LogP contribution in [0.5, 0.6) is 0 Å². The van der Waals surface area contributed by atoms with E-state index in [1.807, 2.05) is 6.92 Å². The molecule has 0 atom stereocenters. The predicted octanol–water partition coefficient (Wildman–Crippen LogP) is 2.21. The highest BCUT2D eigenvalue weighted by Crippen LogP contribution is 2.22. The largest absolute Gasteiger partial charge is 0.457 e. The van der Waals surface area contributed by atoms with Crippen molar-refractivity contribution in [1.82, 2.24) is 0 Å². The molecule has 2 rings (SSSR count). The average Bonchev–Trinajstić information content (AvgIpc) is 2.77. The fourth-order valence-electron chi connectivity index (χ4n) is 1.57. The molecule has 0 unspecified atom stereocenters. The van der Waals surface area contributed by atoms with Crippen molar-refractivity contribution >= 4 is 22.6 Å². The van der Waals surface area contributed by atoms with Crippen LogP contribution in [0.2, 0.25) is 0 Å². The van der Waals surface area contributed by atoms with Crippen molar-refractivity contribution in [3.8, 4) is 0 Å². The number of fused-ring (bicyclic) bond motifs is 1. The molecule has 0 aliphatic rings. The predicted molar refractivity (Wildman–Crippen MR) is 67.4 cm³/mol. The van der Waals surface area contributed by atoms with Crippen molar-refractivity contribution in [2.75, 3.05) is 25.6 Å². The fraction of sp³-hybridized carbons (Fsp3) is 0.308. The Morgan fingerprint density at radius 2 is 2.17 bits per heavy atom. The smallest absolute Gasteiger partial charge is 0.374 e. The lowest BCUT2D eigenvalue weighted by Gasteiger charge is -2.02. The van der Waals surface area contributed by atoms with E-state index in [-0.39, 0.29) is 12.4 Å². The second kappa shape index (κ2) is 5.55. The van der Waals surface area contributed by atoms with Crippen LogP contribution < -0.4 is 5.73 Å². The number of carbonyl (C=O) groups excluding carboxylic acids is 1. The van der Waals surface area contributed by atoms with Crippen molar-refractivity contribution in [3.05, 3.63) is 30.0 Å². The highest BCUT2D eigenvalue weighted by atomic mass is 16.6. The summed E-state index contributed by atoms with van der Waals surface area (Å²) in [6.45, 7) is 3.08. The first kappa shape index (κ1) is 12.4. The van der Waals surface area contributed by atoms with Crippen molar-refractivity contribution in [2.45, 2.75) is 6.92 Å². The summed E-state index contributed by atoms with van der Waals surface area (Å²) in [5.74, 6) is -0.323. The number of ether oxygens (including phenoxy) is 2. The second-order valence-corrected chi connectivity index (χ2v) is 3.74. The molecule has 1 heterocycles. The Morgan fingerprint density at radius 1 is 1.33 bits per heavy atom. The van der Waals surface area contributed by atoms with Crippen LogP contribution in [0, 0.1) is 0 Å². The zero-order valence-electron chi connectivity index (χ0n) is 10.1. The molecule has 0 bridgehead atoms. The van der Waals surface area contributed by atoms with E-state index >= 15 is 0 Å². The number of nitrogen functional groups attached to an aromatic ring is 1. The minimum atomic E-state index is -0.496. The van der Waals surface area contributed by atoms with Gasteiger partial charge in [-0.2, -0.15) is 0 Å². The van der Waals surface area contributed by atoms with E-state index < -0.39 is 5.97 Å². The van der Waals surface area contributed by atoms with Crippen molar-refractivity contribution < 1.29 is 18.7 Å². The molecule has 0 amide bonds. The van der Waals surface area contributed by atoms with Gasteiger partial charge < -0.3 is 19.6 Å². The Morgan fingerprint density at radius 3 is 2.94 bits per heavy atom. The van der Waals surface area contributed by atoms with Crippen LogP contribution in [0.3, 0.4) is 0 Å². The van der Waals surface area contributed by atoms with Gasteiger partial charge in [-0.15, -0.1) is 0 Å². The Labute approximate surface area is 104 Å². The lowest BCUT2D eigenvalue weighted by molar-refractivity contribution is 0.0307. The van der Waals surface area contributed by atoms with Crippen molar-refractivity contribution in [1.29, 1.82) is 0 Å². The van der Waals surface area contributed by atoms with Gasteiger partial charge in [-0.3, -0.25) is 0 Å². The minimum Gasteiger partial charge on any atom is -0.457 e. The highest BCUT2D eigenvalue weighted by molar-refractivity contribution is 5.93. The van der Waals surface area contributed by atoms with Crippen LogP contribution >= 0.6 is 0 Å². The number of esters is 1. The lowest BCUT2D eigenvalue weighted by atomic mass is 10.2. The first-order valence-corrected chi connectivity index (χ1v) is 5.74. The van der Waals surface area contributed by atoms with E-state index in [0.29, 0.717) is 24.5 Å². The standard InChI is InChI=1S/C13H15NO4/c1-2-16-5-6-17-13(15)12-8-9-7-10(14)3-4-11(9)18-12/h3-4,7-8H,2,5-6,14H2,1H3. The van der Waals surface area contributed by atoms with Crippen LogP contribution in [-0.4, -0.2) is 25.8 Å². The van der Waals surface area contributed by atoms with Gasteiger partial charge in [0.25, 0.3) is 0 Å². The summed E-state index contributed by atoms with van der Waals surface area (Å²) in [5, 5.41) is 0.784. The zero-order valence-corrected chi connectivity index (χ0v) is 10.1. The molecule has 0 saturated carbocycles. The topological polar surface area (TPSA) is 74.7 Å². The molecule has 0 fully saturated rings. The van der Waals surface area contributed by atoms with Crippen LogP contribution in [0.15, 0.2) is 28.7 Å². The lowest BCUT2D eigenvalue weighted by Crippen LogP contribution is -2.10. The first-order chi connectivity index (χ1) is 8.70. The summed E-state index contributed by atoms with van der Waals surface area (Å²) in [6, 6.07) is 6.81. The van der Waals surface area contributed by atoms with Crippen LogP contribution in [-0.2, 0) is 9.47 Å². The summed E-state index contributed by atoms with van der Waals surface area (Å²) in [7, 11) is 0. The molecular weight excluding hydrogens is 234 g/mol. The van der Waals surface area contributed by atoms with Gasteiger partial charge in [0.15, 0.2) is 0 Å². The molecule has 0 aliphatic heterocycles. The molecule has 0 radical (unpaired) electrons. The fourth-order valence-corrected chi connectivity index (χ4v) is 1.57. The molecule has 1 aromatic carbocycles. The number of hydrogen-bond donors (Lipinski definition) is 1. The summed E-state index contributed by atoms with van der Waals surface area (Å²) in [4.78, 5) is 11.7. The number of hydrogen-bond acceptors (Lipinski definition) is 5. The Bertz CT molecular complexity index is 547. The molecular formula is C13H15NO4. The Hall–Kier alpha value is -2.01. The van der Waals surface area contributed by atoms with Gasteiger partial charge in [-0.1, -0.05) is 0 Å². The monoisotopic (exact) mass is 249 g/mol. The molecule has 0 saturated heterocycles. The number of nitrogens with two attached hydrogens (primary N) is 1. The molecule has 96 valence electrons. The number of carbonyl (C=O) groups is 1. The molecule has 18 heavy (non-hydrogen) atoms. The van der Waals surface area contributed by atoms with Gasteiger partial charge in [0.05, 0.1) is 6.61 Å². The van der Waals surface area contributed by atoms with E-state index in [0.717, 1.165) is 5.39 Å². The van der Waals surface area contributed by atoms with Gasteiger partial charge in [0.2, 0.25) is 5.76 Å². The second-order valence-electron chi connectivity index (χ2n) is 3.74. The third kappa shape index (κ3) is 2.81. The third-order valence-corrected chi connectivity index (χ3v) is 2.41. The quantitative estimate of drug-likeness (QED) is 0.499. The van der Waals surface area contributed by atoms with Crippen LogP contribution in [0.4, 0.5) is 5.69 Å².